The molecule has 8 heteroatoms. The number of nitrogens with one attached hydrogen (secondary N) is 1. The molecule has 22 heavy (non-hydrogen) atoms. The van der Waals surface area contributed by atoms with Crippen LogP contribution >= 0.6 is 0 Å². The minimum atomic E-state index is -4.97. The van der Waals surface area contributed by atoms with Crippen LogP contribution in [-0.4, -0.2) is 24.3 Å². The van der Waals surface area contributed by atoms with Gasteiger partial charge in [0.15, 0.2) is 0 Å². The lowest BCUT2D eigenvalue weighted by Crippen LogP contribution is -2.29. The van der Waals surface area contributed by atoms with Crippen molar-refractivity contribution in [2.45, 2.75) is 12.8 Å². The average molecular weight is 315 g/mol. The van der Waals surface area contributed by atoms with E-state index in [0.717, 1.165) is 0 Å². The number of amides is 1. The third-order valence-electron chi connectivity index (χ3n) is 2.80. The van der Waals surface area contributed by atoms with Crippen LogP contribution < -0.4 is 10.1 Å². The van der Waals surface area contributed by atoms with Gasteiger partial charge in [0, 0.05) is 11.8 Å². The lowest BCUT2D eigenvalue weighted by atomic mass is 10.1. The van der Waals surface area contributed by atoms with Crippen molar-refractivity contribution in [3.8, 4) is 17.1 Å². The van der Waals surface area contributed by atoms with Crippen molar-refractivity contribution >= 4 is 11.6 Å². The molecule has 0 aliphatic heterocycles. The fourth-order valence-electron chi connectivity index (χ4n) is 1.78. The van der Waals surface area contributed by atoms with Gasteiger partial charge < -0.3 is 19.6 Å². The summed E-state index contributed by atoms with van der Waals surface area (Å²) in [5.74, 6) is -1.12. The maximum atomic E-state index is 12.2. The molecule has 0 fully saturated rings. The average Bonchev–Trinajstić information content (AvgIpc) is 2.94. The molecule has 0 saturated carbocycles. The molecule has 2 aromatic rings. The lowest BCUT2D eigenvalue weighted by molar-refractivity contribution is -0.167. The summed E-state index contributed by atoms with van der Waals surface area (Å²) in [5.41, 5.74) is 0.420. The van der Waals surface area contributed by atoms with Gasteiger partial charge in [-0.1, -0.05) is 0 Å². The number of carbonyl (C=O) groups is 1. The van der Waals surface area contributed by atoms with E-state index in [-0.39, 0.29) is 18.0 Å². The number of rotatable bonds is 4. The van der Waals surface area contributed by atoms with Gasteiger partial charge >= 0.3 is 12.1 Å². The number of anilines is 1. The molecule has 0 saturated heterocycles. The largest absolute Gasteiger partial charge is 0.496 e. The Morgan fingerprint density at radius 1 is 1.32 bits per heavy atom. The molecule has 118 valence electrons. The predicted molar refractivity (Wildman–Crippen MR) is 71.3 cm³/mol. The van der Waals surface area contributed by atoms with Gasteiger partial charge in [0.05, 0.1) is 12.7 Å². The first-order valence-corrected chi connectivity index (χ1v) is 6.11. The Labute approximate surface area is 123 Å². The van der Waals surface area contributed by atoms with E-state index in [4.69, 9.17) is 14.3 Å². The van der Waals surface area contributed by atoms with Crippen LogP contribution in [0.25, 0.3) is 11.3 Å². The molecular weight excluding hydrogens is 303 g/mol. The minimum absolute atomic E-state index is 0.0585. The van der Waals surface area contributed by atoms with E-state index in [1.165, 1.54) is 25.3 Å². The second kappa shape index (κ2) is 6.10. The van der Waals surface area contributed by atoms with Gasteiger partial charge in [-0.2, -0.15) is 13.2 Å². The zero-order chi connectivity index (χ0) is 16.3. The molecule has 0 radical (unpaired) electrons. The maximum absolute atomic E-state index is 12.2. The van der Waals surface area contributed by atoms with Crippen LogP contribution in [0.15, 0.2) is 34.7 Å². The Morgan fingerprint density at radius 3 is 2.59 bits per heavy atom. The summed E-state index contributed by atoms with van der Waals surface area (Å²) in [7, 11) is 1.34. The molecule has 0 unspecified atom stereocenters. The van der Waals surface area contributed by atoms with E-state index in [0.29, 0.717) is 17.1 Å². The Morgan fingerprint density at radius 2 is 2.05 bits per heavy atom. The second-order valence-corrected chi connectivity index (χ2v) is 4.29. The number of furan rings is 1. The molecular formula is C14H12F3NO4. The highest BCUT2D eigenvalue weighted by atomic mass is 19.4. The number of benzene rings is 1. The minimum Gasteiger partial charge on any atom is -0.496 e. The highest BCUT2D eigenvalue weighted by molar-refractivity contribution is 5.95. The van der Waals surface area contributed by atoms with Crippen LogP contribution in [0.3, 0.4) is 0 Å². The molecule has 5 nitrogen and oxygen atoms in total. The van der Waals surface area contributed by atoms with E-state index in [2.05, 4.69) is 0 Å². The lowest BCUT2D eigenvalue weighted by Gasteiger charge is -2.11. The third-order valence-corrected chi connectivity index (χ3v) is 2.80. The first kappa shape index (κ1) is 15.9. The fourth-order valence-corrected chi connectivity index (χ4v) is 1.78. The molecule has 0 aliphatic rings. The van der Waals surface area contributed by atoms with Crippen LogP contribution in [0.5, 0.6) is 5.75 Å². The predicted octanol–water partition coefficient (Wildman–Crippen LogP) is 2.95. The summed E-state index contributed by atoms with van der Waals surface area (Å²) in [5, 5.41) is 10.7. The number of ether oxygens (including phenoxy) is 1. The van der Waals surface area contributed by atoms with E-state index in [9.17, 15) is 18.0 Å². The van der Waals surface area contributed by atoms with Crippen molar-refractivity contribution in [2.24, 2.45) is 0 Å². The van der Waals surface area contributed by atoms with Crippen molar-refractivity contribution in [2.75, 3.05) is 12.4 Å². The summed E-state index contributed by atoms with van der Waals surface area (Å²) in [4.78, 5) is 10.9. The number of halogens is 3. The van der Waals surface area contributed by atoms with Crippen LogP contribution in [0.4, 0.5) is 18.9 Å². The van der Waals surface area contributed by atoms with Crippen LogP contribution in [-0.2, 0) is 11.4 Å². The number of aliphatic hydroxyl groups is 1. The molecule has 1 aromatic carbocycles. The Hall–Kier alpha value is -2.48. The molecule has 0 atom stereocenters. The van der Waals surface area contributed by atoms with Crippen LogP contribution in [0.2, 0.25) is 0 Å². The molecule has 1 amide bonds. The van der Waals surface area contributed by atoms with Gasteiger partial charge in [-0.25, -0.2) is 0 Å². The monoisotopic (exact) mass is 315 g/mol. The van der Waals surface area contributed by atoms with Crippen LogP contribution in [0.1, 0.15) is 5.76 Å². The number of aliphatic hydroxyl groups excluding tert-OH is 1. The van der Waals surface area contributed by atoms with Gasteiger partial charge in [-0.05, 0) is 24.3 Å². The van der Waals surface area contributed by atoms with E-state index < -0.39 is 12.1 Å². The zero-order valence-electron chi connectivity index (χ0n) is 11.4. The fraction of sp³-hybridized carbons (Fsp3) is 0.214. The van der Waals surface area contributed by atoms with Crippen molar-refractivity contribution in [3.63, 3.8) is 0 Å². The molecule has 2 N–H and O–H groups in total. The van der Waals surface area contributed by atoms with Gasteiger partial charge in [-0.3, -0.25) is 4.79 Å². The second-order valence-electron chi connectivity index (χ2n) is 4.29. The Bertz CT molecular complexity index is 679. The van der Waals surface area contributed by atoms with E-state index in [1.54, 1.807) is 17.4 Å². The maximum Gasteiger partial charge on any atom is 0.471 e. The summed E-state index contributed by atoms with van der Waals surface area (Å²) in [6.07, 6.45) is -4.97. The van der Waals surface area contributed by atoms with E-state index >= 15 is 0 Å². The molecule has 0 spiro atoms. The highest BCUT2D eigenvalue weighted by Crippen LogP contribution is 2.34. The quantitative estimate of drug-likeness (QED) is 0.910. The molecule has 0 bridgehead atoms. The molecule has 2 rings (SSSR count). The number of carbonyl (C=O) groups excluding carboxylic acids is 1. The molecule has 1 heterocycles. The van der Waals surface area contributed by atoms with E-state index in [1.807, 2.05) is 0 Å². The first-order valence-electron chi connectivity index (χ1n) is 6.11. The number of hydrogen-bond acceptors (Lipinski definition) is 4. The summed E-state index contributed by atoms with van der Waals surface area (Å²) < 4.78 is 47.1. The topological polar surface area (TPSA) is 71.7 Å². The van der Waals surface area contributed by atoms with Crippen molar-refractivity contribution in [1.82, 2.24) is 0 Å². The SMILES string of the molecule is COc1cc(NC(=O)C(F)(F)F)ccc1-c1ccc(CO)o1. The Balaban J connectivity index is 2.30. The van der Waals surface area contributed by atoms with Gasteiger partial charge in [0.2, 0.25) is 0 Å². The standard InChI is InChI=1S/C14H12F3NO4/c1-21-12-6-8(18-13(20)14(15,16)17)2-4-10(12)11-5-3-9(7-19)22-11/h2-6,19H,7H2,1H3,(H,18,20). The van der Waals surface area contributed by atoms with Crippen molar-refractivity contribution in [3.05, 3.63) is 36.1 Å². The highest BCUT2D eigenvalue weighted by Gasteiger charge is 2.38. The molecule has 1 aromatic heterocycles. The first-order chi connectivity index (χ1) is 10.3. The van der Waals surface area contributed by atoms with Crippen molar-refractivity contribution < 1.29 is 32.2 Å². The third kappa shape index (κ3) is 3.40. The summed E-state index contributed by atoms with van der Waals surface area (Å²) >= 11 is 0. The van der Waals surface area contributed by atoms with Crippen molar-refractivity contribution in [1.29, 1.82) is 0 Å². The summed E-state index contributed by atoms with van der Waals surface area (Å²) in [6, 6.07) is 7.15. The van der Waals surface area contributed by atoms with Gasteiger partial charge in [0.25, 0.3) is 0 Å². The Kier molecular flexibility index (Phi) is 4.41. The number of alkyl halides is 3. The normalized spacial score (nSPS) is 11.3. The smallest absolute Gasteiger partial charge is 0.471 e. The molecule has 0 aliphatic carbocycles. The number of hydrogen-bond donors (Lipinski definition) is 2. The zero-order valence-corrected chi connectivity index (χ0v) is 11.4. The number of methoxy groups -OCH3 is 1. The van der Waals surface area contributed by atoms with Crippen LogP contribution in [0, 0.1) is 0 Å². The summed E-state index contributed by atoms with van der Waals surface area (Å²) in [6.45, 7) is -0.276. The van der Waals surface area contributed by atoms with Gasteiger partial charge in [0.1, 0.15) is 23.9 Å². The van der Waals surface area contributed by atoms with Gasteiger partial charge in [-0.15, -0.1) is 0 Å².